The lowest BCUT2D eigenvalue weighted by Crippen LogP contribution is -2.51. The number of nitrogens with one attached hydrogen (secondary N) is 1. The lowest BCUT2D eigenvalue weighted by Gasteiger charge is -2.32. The van der Waals surface area contributed by atoms with Crippen LogP contribution in [-0.4, -0.2) is 50.5 Å². The van der Waals surface area contributed by atoms with E-state index in [4.69, 9.17) is 23.2 Å². The van der Waals surface area contributed by atoms with Crippen LogP contribution >= 0.6 is 23.2 Å². The summed E-state index contributed by atoms with van der Waals surface area (Å²) < 4.78 is 26.0. The molecule has 0 saturated carbocycles. The number of hydrogen-bond donors (Lipinski definition) is 1. The molecule has 2 rings (SSSR count). The monoisotopic (exact) mass is 513 g/mol. The summed E-state index contributed by atoms with van der Waals surface area (Å²) in [5.74, 6) is -0.694. The maximum Gasteiger partial charge on any atom is 0.244 e. The number of nitrogens with zero attached hydrogens (tertiary/aromatic N) is 2. The molecule has 33 heavy (non-hydrogen) atoms. The molecule has 0 radical (unpaired) electrons. The van der Waals surface area contributed by atoms with E-state index in [1.807, 2.05) is 13.8 Å². The van der Waals surface area contributed by atoms with Crippen LogP contribution in [0.3, 0.4) is 0 Å². The molecule has 180 valence electrons. The van der Waals surface area contributed by atoms with Gasteiger partial charge in [0.1, 0.15) is 12.6 Å². The Morgan fingerprint density at radius 2 is 1.55 bits per heavy atom. The maximum absolute atomic E-state index is 13.4. The molecule has 2 aromatic rings. The van der Waals surface area contributed by atoms with Gasteiger partial charge in [-0.25, -0.2) is 8.42 Å². The van der Waals surface area contributed by atoms with E-state index in [0.29, 0.717) is 27.8 Å². The first-order valence-corrected chi connectivity index (χ1v) is 13.0. The average molecular weight is 514 g/mol. The van der Waals surface area contributed by atoms with Crippen LogP contribution in [0, 0.1) is 5.92 Å². The average Bonchev–Trinajstić information content (AvgIpc) is 2.74. The van der Waals surface area contributed by atoms with Gasteiger partial charge in [0.25, 0.3) is 0 Å². The van der Waals surface area contributed by atoms with Crippen molar-refractivity contribution in [3.63, 3.8) is 0 Å². The molecule has 1 atom stereocenters. The van der Waals surface area contributed by atoms with Gasteiger partial charge in [0, 0.05) is 28.7 Å². The summed E-state index contributed by atoms with van der Waals surface area (Å²) in [6.45, 7) is 5.41. The third-order valence-electron chi connectivity index (χ3n) is 4.97. The number of anilines is 1. The second kappa shape index (κ2) is 11.7. The summed E-state index contributed by atoms with van der Waals surface area (Å²) in [5.41, 5.74) is 0.823. The zero-order valence-electron chi connectivity index (χ0n) is 19.1. The number of para-hydroxylation sites is 1. The predicted octanol–water partition coefficient (Wildman–Crippen LogP) is 3.95. The van der Waals surface area contributed by atoms with E-state index in [1.165, 1.54) is 4.90 Å². The van der Waals surface area contributed by atoms with Crippen LogP contribution in [-0.2, 0) is 26.2 Å². The normalized spacial score (nSPS) is 12.3. The summed E-state index contributed by atoms with van der Waals surface area (Å²) in [7, 11) is -3.77. The molecule has 7 nitrogen and oxygen atoms in total. The summed E-state index contributed by atoms with van der Waals surface area (Å²) in [4.78, 5) is 27.5. The second-order valence-corrected chi connectivity index (χ2v) is 10.9. The number of carbonyl (C=O) groups is 2. The Hall–Kier alpha value is -2.29. The van der Waals surface area contributed by atoms with E-state index in [2.05, 4.69) is 5.32 Å². The van der Waals surface area contributed by atoms with E-state index in [1.54, 1.807) is 55.5 Å². The molecular formula is C23H29Cl2N3O4S. The molecule has 2 aromatic carbocycles. The van der Waals surface area contributed by atoms with E-state index >= 15 is 0 Å². The van der Waals surface area contributed by atoms with Crippen LogP contribution < -0.4 is 9.62 Å². The molecule has 0 saturated heterocycles. The number of hydrogen-bond acceptors (Lipinski definition) is 4. The van der Waals surface area contributed by atoms with Crippen molar-refractivity contribution < 1.29 is 18.0 Å². The van der Waals surface area contributed by atoms with Gasteiger partial charge in [0.05, 0.1) is 11.9 Å². The predicted molar refractivity (Wildman–Crippen MR) is 133 cm³/mol. The lowest BCUT2D eigenvalue weighted by atomic mass is 10.1. The third kappa shape index (κ3) is 7.62. The molecule has 0 aliphatic carbocycles. The number of sulfonamides is 1. The summed E-state index contributed by atoms with van der Waals surface area (Å²) in [6.07, 6.45) is 1.03. The van der Waals surface area contributed by atoms with Crippen LogP contribution in [0.5, 0.6) is 0 Å². The van der Waals surface area contributed by atoms with E-state index in [9.17, 15) is 18.0 Å². The highest BCUT2D eigenvalue weighted by atomic mass is 35.5. The molecule has 0 spiro atoms. The summed E-state index contributed by atoms with van der Waals surface area (Å²) >= 11 is 12.6. The van der Waals surface area contributed by atoms with Crippen molar-refractivity contribution in [1.29, 1.82) is 0 Å². The first-order valence-electron chi connectivity index (χ1n) is 10.4. The van der Waals surface area contributed by atoms with E-state index in [0.717, 1.165) is 10.6 Å². The Morgan fingerprint density at radius 1 is 0.970 bits per heavy atom. The number of benzene rings is 2. The minimum Gasteiger partial charge on any atom is -0.354 e. The van der Waals surface area contributed by atoms with Gasteiger partial charge in [-0.1, -0.05) is 61.3 Å². The SMILES string of the molecule is CC(C)CNC(=O)[C@H](C)N(Cc1c(Cl)cccc1Cl)C(=O)CN(c1ccccc1)S(C)(=O)=O. The third-order valence-corrected chi connectivity index (χ3v) is 6.81. The van der Waals surface area contributed by atoms with Crippen LogP contribution in [0.2, 0.25) is 10.0 Å². The first kappa shape index (κ1) is 27.0. The smallest absolute Gasteiger partial charge is 0.244 e. The largest absolute Gasteiger partial charge is 0.354 e. The number of carbonyl (C=O) groups excluding carboxylic acids is 2. The first-order chi connectivity index (χ1) is 15.4. The summed E-state index contributed by atoms with van der Waals surface area (Å²) in [6, 6.07) is 12.4. The molecule has 2 amide bonds. The minimum atomic E-state index is -3.77. The van der Waals surface area contributed by atoms with Crippen LogP contribution in [0.4, 0.5) is 5.69 Å². The molecule has 10 heteroatoms. The Morgan fingerprint density at radius 3 is 2.06 bits per heavy atom. The van der Waals surface area contributed by atoms with Crippen LogP contribution in [0.15, 0.2) is 48.5 Å². The van der Waals surface area contributed by atoms with E-state index in [-0.39, 0.29) is 18.4 Å². The van der Waals surface area contributed by atoms with Gasteiger partial charge >= 0.3 is 0 Å². The highest BCUT2D eigenvalue weighted by Crippen LogP contribution is 2.27. The van der Waals surface area contributed by atoms with Gasteiger partial charge < -0.3 is 10.2 Å². The van der Waals surface area contributed by atoms with Crippen molar-refractivity contribution in [3.8, 4) is 0 Å². The molecule has 0 fully saturated rings. The molecule has 0 heterocycles. The summed E-state index contributed by atoms with van der Waals surface area (Å²) in [5, 5.41) is 3.51. The fraction of sp³-hybridized carbons (Fsp3) is 0.391. The highest BCUT2D eigenvalue weighted by molar-refractivity contribution is 7.92. The van der Waals surface area contributed by atoms with Gasteiger partial charge in [0.15, 0.2) is 0 Å². The van der Waals surface area contributed by atoms with Crippen molar-refractivity contribution in [1.82, 2.24) is 10.2 Å². The number of halogens is 2. The Labute approximate surface area is 205 Å². The number of rotatable bonds is 10. The lowest BCUT2D eigenvalue weighted by molar-refractivity contribution is -0.139. The van der Waals surface area contributed by atoms with Crippen molar-refractivity contribution in [2.45, 2.75) is 33.4 Å². The molecule has 0 aliphatic rings. The molecule has 0 bridgehead atoms. The molecular weight excluding hydrogens is 485 g/mol. The Bertz CT molecular complexity index is 1060. The fourth-order valence-corrected chi connectivity index (χ4v) is 4.46. The van der Waals surface area contributed by atoms with Gasteiger partial charge in [-0.05, 0) is 37.1 Å². The zero-order chi connectivity index (χ0) is 24.8. The molecule has 1 N–H and O–H groups in total. The number of amides is 2. The van der Waals surface area contributed by atoms with Gasteiger partial charge in [-0.15, -0.1) is 0 Å². The van der Waals surface area contributed by atoms with Gasteiger partial charge in [-0.3, -0.25) is 13.9 Å². The van der Waals surface area contributed by atoms with Crippen molar-refractivity contribution in [3.05, 3.63) is 64.1 Å². The highest BCUT2D eigenvalue weighted by Gasteiger charge is 2.30. The van der Waals surface area contributed by atoms with Crippen molar-refractivity contribution in [2.24, 2.45) is 5.92 Å². The second-order valence-electron chi connectivity index (χ2n) is 8.14. The fourth-order valence-electron chi connectivity index (χ4n) is 3.10. The molecule has 0 aliphatic heterocycles. The van der Waals surface area contributed by atoms with Crippen LogP contribution in [0.1, 0.15) is 26.3 Å². The Kier molecular flexibility index (Phi) is 9.57. The molecule has 0 aromatic heterocycles. The quantitative estimate of drug-likeness (QED) is 0.520. The van der Waals surface area contributed by atoms with Gasteiger partial charge in [0.2, 0.25) is 21.8 Å². The standard InChI is InChI=1S/C23H29Cl2N3O4S/c1-16(2)13-26-23(30)17(3)27(14-19-20(24)11-8-12-21(19)25)22(29)15-28(33(4,31)32)18-9-6-5-7-10-18/h5-12,16-17H,13-15H2,1-4H3,(H,26,30)/t17-/m0/s1. The van der Waals surface area contributed by atoms with Crippen molar-refractivity contribution in [2.75, 3.05) is 23.7 Å². The van der Waals surface area contributed by atoms with Crippen molar-refractivity contribution >= 4 is 50.7 Å². The van der Waals surface area contributed by atoms with Crippen LogP contribution in [0.25, 0.3) is 0 Å². The zero-order valence-corrected chi connectivity index (χ0v) is 21.4. The molecule has 0 unspecified atom stereocenters. The maximum atomic E-state index is 13.4. The topological polar surface area (TPSA) is 86.8 Å². The van der Waals surface area contributed by atoms with E-state index < -0.39 is 28.5 Å². The Balaban J connectivity index is 2.40. The van der Waals surface area contributed by atoms with Gasteiger partial charge in [-0.2, -0.15) is 0 Å². The minimum absolute atomic E-state index is 0.0556.